The van der Waals surface area contributed by atoms with Crippen LogP contribution in [0.15, 0.2) is 30.3 Å². The summed E-state index contributed by atoms with van der Waals surface area (Å²) in [6.07, 6.45) is 8.77. The van der Waals surface area contributed by atoms with Gasteiger partial charge in [-0.2, -0.15) is 15.0 Å². The number of aromatic nitrogens is 3. The van der Waals surface area contributed by atoms with Crippen molar-refractivity contribution in [3.05, 3.63) is 35.9 Å². The first-order valence-electron chi connectivity index (χ1n) is 12.2. The van der Waals surface area contributed by atoms with Gasteiger partial charge >= 0.3 is 0 Å². The van der Waals surface area contributed by atoms with E-state index in [9.17, 15) is 0 Å². The molecule has 1 aliphatic rings. The van der Waals surface area contributed by atoms with Gasteiger partial charge in [-0.3, -0.25) is 0 Å². The zero-order chi connectivity index (χ0) is 23.0. The summed E-state index contributed by atoms with van der Waals surface area (Å²) in [5.41, 5.74) is 6.58. The highest BCUT2D eigenvalue weighted by molar-refractivity contribution is 5.43. The minimum Gasteiger partial charge on any atom is -0.378 e. The summed E-state index contributed by atoms with van der Waals surface area (Å²) >= 11 is 0. The van der Waals surface area contributed by atoms with Gasteiger partial charge in [-0.05, 0) is 18.4 Å². The number of hydrogen-bond donors (Lipinski definition) is 4. The zero-order valence-electron chi connectivity index (χ0n) is 19.6. The van der Waals surface area contributed by atoms with Crippen molar-refractivity contribution in [2.24, 2.45) is 5.73 Å². The maximum absolute atomic E-state index is 5.58. The second kappa shape index (κ2) is 15.4. The Bertz CT molecular complexity index is 771. The van der Waals surface area contributed by atoms with E-state index in [1.165, 1.54) is 37.7 Å². The Morgan fingerprint density at radius 3 is 2.12 bits per heavy atom. The lowest BCUT2D eigenvalue weighted by Crippen LogP contribution is -2.23. The van der Waals surface area contributed by atoms with Crippen LogP contribution in [0.25, 0.3) is 0 Å². The van der Waals surface area contributed by atoms with Crippen molar-refractivity contribution in [1.29, 1.82) is 0 Å². The normalized spacial score (nSPS) is 14.9. The molecule has 0 amide bonds. The van der Waals surface area contributed by atoms with Crippen LogP contribution in [0, 0.1) is 0 Å². The second-order valence-electron chi connectivity index (χ2n) is 8.27. The number of benzene rings is 1. The number of rotatable bonds is 14. The van der Waals surface area contributed by atoms with Crippen LogP contribution in [-0.4, -0.2) is 60.5 Å². The molecular formula is C24H39N7O2. The van der Waals surface area contributed by atoms with E-state index < -0.39 is 0 Å². The van der Waals surface area contributed by atoms with E-state index in [-0.39, 0.29) is 0 Å². The van der Waals surface area contributed by atoms with Crippen LogP contribution < -0.4 is 21.7 Å². The molecular weight excluding hydrogens is 418 g/mol. The van der Waals surface area contributed by atoms with Crippen molar-refractivity contribution in [3.8, 4) is 0 Å². The SMILES string of the molecule is NCCOCCOCCNc1nc(NCc2ccccc2)nc(NC2CCCCCCC2)n1. The molecule has 0 unspecified atom stereocenters. The number of hydrogen-bond acceptors (Lipinski definition) is 9. The molecule has 0 atom stereocenters. The summed E-state index contributed by atoms with van der Waals surface area (Å²) in [6, 6.07) is 10.6. The standard InChI is InChI=1S/C24H39N7O2/c25-13-15-32-17-18-33-16-14-26-22-29-23(27-19-20-9-5-4-6-10-20)31-24(30-22)28-21-11-7-2-1-3-8-12-21/h4-6,9-10,21H,1-3,7-8,11-19,25H2,(H3,26,27,28,29,30,31). The van der Waals surface area contributed by atoms with Crippen LogP contribution >= 0.6 is 0 Å². The van der Waals surface area contributed by atoms with E-state index in [0.717, 1.165) is 12.8 Å². The number of nitrogens with two attached hydrogens (primary N) is 1. The average molecular weight is 458 g/mol. The largest absolute Gasteiger partial charge is 0.378 e. The summed E-state index contributed by atoms with van der Waals surface area (Å²) in [5, 5.41) is 10.1. The second-order valence-corrected chi connectivity index (χ2v) is 8.27. The molecule has 0 saturated heterocycles. The first-order chi connectivity index (χ1) is 16.3. The van der Waals surface area contributed by atoms with Gasteiger partial charge in [0.1, 0.15) is 0 Å². The van der Waals surface area contributed by atoms with Gasteiger partial charge in [0, 0.05) is 25.7 Å². The predicted molar refractivity (Wildman–Crippen MR) is 133 cm³/mol. The number of ether oxygens (including phenoxy) is 2. The summed E-state index contributed by atoms with van der Waals surface area (Å²) in [4.78, 5) is 13.8. The molecule has 182 valence electrons. The topological polar surface area (TPSA) is 119 Å². The Hall–Kier alpha value is -2.49. The molecule has 0 radical (unpaired) electrons. The van der Waals surface area contributed by atoms with E-state index in [1.807, 2.05) is 18.2 Å². The lowest BCUT2D eigenvalue weighted by Gasteiger charge is -2.21. The minimum atomic E-state index is 0.402. The Morgan fingerprint density at radius 2 is 1.39 bits per heavy atom. The molecule has 2 aromatic rings. The maximum Gasteiger partial charge on any atom is 0.229 e. The molecule has 1 heterocycles. The Labute approximate surface area is 197 Å². The van der Waals surface area contributed by atoms with Gasteiger partial charge in [0.25, 0.3) is 0 Å². The predicted octanol–water partition coefficient (Wildman–Crippen LogP) is 3.41. The first-order valence-corrected chi connectivity index (χ1v) is 12.2. The lowest BCUT2D eigenvalue weighted by atomic mass is 9.97. The molecule has 0 bridgehead atoms. The van der Waals surface area contributed by atoms with Crippen LogP contribution in [-0.2, 0) is 16.0 Å². The molecule has 9 heteroatoms. The molecule has 33 heavy (non-hydrogen) atoms. The Kier molecular flexibility index (Phi) is 11.7. The highest BCUT2D eigenvalue weighted by Crippen LogP contribution is 2.20. The summed E-state index contributed by atoms with van der Waals surface area (Å²) in [7, 11) is 0. The van der Waals surface area contributed by atoms with Crippen LogP contribution in [0.2, 0.25) is 0 Å². The zero-order valence-corrected chi connectivity index (χ0v) is 19.6. The molecule has 1 fully saturated rings. The summed E-state index contributed by atoms with van der Waals surface area (Å²) in [6.45, 7) is 3.96. The van der Waals surface area contributed by atoms with Gasteiger partial charge in [-0.15, -0.1) is 0 Å². The molecule has 1 aliphatic carbocycles. The average Bonchev–Trinajstić information content (AvgIpc) is 2.82. The Morgan fingerprint density at radius 1 is 0.758 bits per heavy atom. The first kappa shape index (κ1) is 25.1. The molecule has 1 aromatic heterocycles. The van der Waals surface area contributed by atoms with Crippen LogP contribution in [0.5, 0.6) is 0 Å². The number of nitrogens with one attached hydrogen (secondary N) is 3. The number of nitrogens with zero attached hydrogens (tertiary/aromatic N) is 3. The summed E-state index contributed by atoms with van der Waals surface area (Å²) < 4.78 is 10.9. The third-order valence-electron chi connectivity index (χ3n) is 5.53. The lowest BCUT2D eigenvalue weighted by molar-refractivity contribution is 0.0547. The fourth-order valence-electron chi connectivity index (χ4n) is 3.80. The quantitative estimate of drug-likeness (QED) is 0.316. The minimum absolute atomic E-state index is 0.402. The fourth-order valence-corrected chi connectivity index (χ4v) is 3.80. The van der Waals surface area contributed by atoms with E-state index in [0.29, 0.717) is 69.9 Å². The third-order valence-corrected chi connectivity index (χ3v) is 5.53. The molecule has 1 aromatic carbocycles. The molecule has 0 aliphatic heterocycles. The van der Waals surface area contributed by atoms with Crippen molar-refractivity contribution >= 4 is 17.8 Å². The van der Waals surface area contributed by atoms with Crippen molar-refractivity contribution in [2.45, 2.75) is 57.5 Å². The molecule has 9 nitrogen and oxygen atoms in total. The van der Waals surface area contributed by atoms with Crippen molar-refractivity contribution < 1.29 is 9.47 Å². The van der Waals surface area contributed by atoms with E-state index in [1.54, 1.807) is 0 Å². The van der Waals surface area contributed by atoms with Gasteiger partial charge in [0.15, 0.2) is 0 Å². The maximum atomic E-state index is 5.58. The molecule has 1 saturated carbocycles. The van der Waals surface area contributed by atoms with Gasteiger partial charge in [0.2, 0.25) is 17.8 Å². The highest BCUT2D eigenvalue weighted by atomic mass is 16.5. The fraction of sp³-hybridized carbons (Fsp3) is 0.625. The van der Waals surface area contributed by atoms with Crippen molar-refractivity contribution in [1.82, 2.24) is 15.0 Å². The third kappa shape index (κ3) is 10.3. The van der Waals surface area contributed by atoms with Gasteiger partial charge in [-0.25, -0.2) is 0 Å². The van der Waals surface area contributed by atoms with E-state index >= 15 is 0 Å². The number of anilines is 3. The van der Waals surface area contributed by atoms with Crippen LogP contribution in [0.4, 0.5) is 17.8 Å². The van der Waals surface area contributed by atoms with Gasteiger partial charge in [-0.1, -0.05) is 62.4 Å². The molecule has 3 rings (SSSR count). The molecule has 0 spiro atoms. The van der Waals surface area contributed by atoms with E-state index in [4.69, 9.17) is 15.2 Å². The van der Waals surface area contributed by atoms with Crippen LogP contribution in [0.1, 0.15) is 50.5 Å². The Balaban J connectivity index is 1.56. The smallest absolute Gasteiger partial charge is 0.229 e. The van der Waals surface area contributed by atoms with Crippen LogP contribution in [0.3, 0.4) is 0 Å². The monoisotopic (exact) mass is 457 g/mol. The van der Waals surface area contributed by atoms with Crippen molar-refractivity contribution in [2.75, 3.05) is 55.5 Å². The van der Waals surface area contributed by atoms with Gasteiger partial charge < -0.3 is 31.2 Å². The van der Waals surface area contributed by atoms with Crippen molar-refractivity contribution in [3.63, 3.8) is 0 Å². The van der Waals surface area contributed by atoms with E-state index in [2.05, 4.69) is 43.0 Å². The molecule has 5 N–H and O–H groups in total. The highest BCUT2D eigenvalue weighted by Gasteiger charge is 2.14. The summed E-state index contributed by atoms with van der Waals surface area (Å²) in [5.74, 6) is 1.71. The van der Waals surface area contributed by atoms with Gasteiger partial charge in [0.05, 0.1) is 26.4 Å².